The zero-order valence-electron chi connectivity index (χ0n) is 13.2. The summed E-state index contributed by atoms with van der Waals surface area (Å²) >= 11 is 0. The first-order chi connectivity index (χ1) is 9.89. The average Bonchev–Trinajstić information content (AvgIpc) is 2.56. The van der Waals surface area contributed by atoms with Gasteiger partial charge in [0.25, 0.3) is 0 Å². The smallest absolute Gasteiger partial charge is 0.191 e. The normalized spacial score (nSPS) is 26.2. The Kier molecular flexibility index (Phi) is 7.05. The van der Waals surface area contributed by atoms with Gasteiger partial charge < -0.3 is 10.6 Å². The Hall–Kier alpha value is -0.0400. The summed E-state index contributed by atoms with van der Waals surface area (Å²) in [4.78, 5) is 7.36. The van der Waals surface area contributed by atoms with Crippen molar-refractivity contribution in [3.8, 4) is 0 Å². The third-order valence-electron chi connectivity index (χ3n) is 5.29. The summed E-state index contributed by atoms with van der Waals surface area (Å²) in [5.41, 5.74) is 0.403. The minimum atomic E-state index is 0. The number of hydrogen-bond acceptors (Lipinski definition) is 4. The van der Waals surface area contributed by atoms with Crippen molar-refractivity contribution in [2.45, 2.75) is 63.3 Å². The van der Waals surface area contributed by atoms with Crippen LogP contribution in [0, 0.1) is 0 Å². The zero-order chi connectivity index (χ0) is 13.7. The summed E-state index contributed by atoms with van der Waals surface area (Å²) in [5.74, 6) is 1.04. The number of rotatable bonds is 3. The van der Waals surface area contributed by atoms with E-state index in [1.54, 1.807) is 0 Å². The van der Waals surface area contributed by atoms with Gasteiger partial charge in [-0.3, -0.25) is 9.89 Å². The highest BCUT2D eigenvalue weighted by Crippen LogP contribution is 2.35. The molecular formula is C16H31IN4. The van der Waals surface area contributed by atoms with E-state index in [9.17, 15) is 0 Å². The standard InChI is InChI=1S/C16H30N4.HI/c1-3-8-16(9-4-1,20-12-5-2-6-13-20)14-19-15-17-10-7-11-18-15;/h1-14H2,(H2,17,18,19);1H. The molecule has 122 valence electrons. The Morgan fingerprint density at radius 2 is 1.71 bits per heavy atom. The van der Waals surface area contributed by atoms with Crippen molar-refractivity contribution < 1.29 is 0 Å². The average molecular weight is 406 g/mol. The van der Waals surface area contributed by atoms with Crippen LogP contribution in [-0.2, 0) is 0 Å². The van der Waals surface area contributed by atoms with Gasteiger partial charge in [-0.2, -0.15) is 0 Å². The molecule has 0 spiro atoms. The van der Waals surface area contributed by atoms with Crippen LogP contribution < -0.4 is 10.6 Å². The van der Waals surface area contributed by atoms with Gasteiger partial charge in [0.05, 0.1) is 0 Å². The summed E-state index contributed by atoms with van der Waals surface area (Å²) in [7, 11) is 0. The van der Waals surface area contributed by atoms with Crippen molar-refractivity contribution in [3.63, 3.8) is 0 Å². The van der Waals surface area contributed by atoms with Gasteiger partial charge in [-0.25, -0.2) is 0 Å². The lowest BCUT2D eigenvalue weighted by Crippen LogP contribution is -2.59. The molecule has 5 heteroatoms. The Morgan fingerprint density at radius 1 is 1.00 bits per heavy atom. The van der Waals surface area contributed by atoms with Crippen LogP contribution in [0.5, 0.6) is 0 Å². The van der Waals surface area contributed by atoms with Crippen LogP contribution in [0.25, 0.3) is 0 Å². The second-order valence-corrected chi connectivity index (χ2v) is 6.70. The number of halogens is 1. The second kappa shape index (κ2) is 8.56. The van der Waals surface area contributed by atoms with Gasteiger partial charge in [0, 0.05) is 25.2 Å². The van der Waals surface area contributed by atoms with Crippen molar-refractivity contribution in [2.75, 3.05) is 32.7 Å². The molecule has 0 amide bonds. The molecule has 1 saturated carbocycles. The van der Waals surface area contributed by atoms with Gasteiger partial charge in [0.1, 0.15) is 0 Å². The van der Waals surface area contributed by atoms with Gasteiger partial charge in [-0.1, -0.05) is 25.7 Å². The van der Waals surface area contributed by atoms with Crippen molar-refractivity contribution >= 4 is 29.9 Å². The fourth-order valence-corrected chi connectivity index (χ4v) is 4.08. The van der Waals surface area contributed by atoms with E-state index in [-0.39, 0.29) is 24.0 Å². The van der Waals surface area contributed by atoms with E-state index in [4.69, 9.17) is 0 Å². The van der Waals surface area contributed by atoms with E-state index >= 15 is 0 Å². The molecule has 3 rings (SSSR count). The Balaban J connectivity index is 0.00000161. The number of nitrogens with one attached hydrogen (secondary N) is 2. The quantitative estimate of drug-likeness (QED) is 0.709. The van der Waals surface area contributed by atoms with Crippen molar-refractivity contribution in [3.05, 3.63) is 0 Å². The van der Waals surface area contributed by atoms with Crippen LogP contribution in [0.1, 0.15) is 57.8 Å². The molecule has 3 aliphatic rings. The largest absolute Gasteiger partial charge is 0.356 e. The van der Waals surface area contributed by atoms with Crippen LogP contribution in [0.15, 0.2) is 4.99 Å². The number of nitrogens with zero attached hydrogens (tertiary/aromatic N) is 2. The molecule has 21 heavy (non-hydrogen) atoms. The minimum Gasteiger partial charge on any atom is -0.356 e. The van der Waals surface area contributed by atoms with Crippen molar-refractivity contribution in [1.82, 2.24) is 15.5 Å². The molecule has 0 bridgehead atoms. The maximum absolute atomic E-state index is 4.57. The van der Waals surface area contributed by atoms with Gasteiger partial charge in [0.15, 0.2) is 5.96 Å². The van der Waals surface area contributed by atoms with Crippen LogP contribution >= 0.6 is 24.0 Å². The van der Waals surface area contributed by atoms with E-state index in [1.807, 2.05) is 0 Å². The molecule has 4 nitrogen and oxygen atoms in total. The lowest BCUT2D eigenvalue weighted by Gasteiger charge is -2.48. The highest BCUT2D eigenvalue weighted by atomic mass is 127. The monoisotopic (exact) mass is 406 g/mol. The van der Waals surface area contributed by atoms with E-state index in [0.717, 1.165) is 25.6 Å². The number of hydrogen-bond donors (Lipinski definition) is 2. The van der Waals surface area contributed by atoms with Gasteiger partial charge in [0.2, 0.25) is 0 Å². The van der Waals surface area contributed by atoms with Gasteiger partial charge in [-0.05, 0) is 45.2 Å². The molecule has 1 aliphatic carbocycles. The van der Waals surface area contributed by atoms with Crippen LogP contribution in [0.4, 0.5) is 0 Å². The molecule has 1 saturated heterocycles. The summed E-state index contributed by atoms with van der Waals surface area (Å²) in [6, 6.07) is 0. The highest BCUT2D eigenvalue weighted by molar-refractivity contribution is 14.0. The zero-order valence-corrected chi connectivity index (χ0v) is 15.5. The number of aliphatic imine (C=N–C) groups is 1. The first-order valence-electron chi connectivity index (χ1n) is 8.66. The topological polar surface area (TPSA) is 39.7 Å². The third-order valence-corrected chi connectivity index (χ3v) is 5.29. The second-order valence-electron chi connectivity index (χ2n) is 6.70. The number of piperidine rings is 1. The lowest BCUT2D eigenvalue weighted by molar-refractivity contribution is 0.0368. The van der Waals surface area contributed by atoms with Gasteiger partial charge >= 0.3 is 0 Å². The molecule has 2 aliphatic heterocycles. The van der Waals surface area contributed by atoms with E-state index < -0.39 is 0 Å². The molecule has 2 N–H and O–H groups in total. The Bertz CT molecular complexity index is 333. The first kappa shape index (κ1) is 17.3. The first-order valence-corrected chi connectivity index (χ1v) is 8.66. The van der Waals surface area contributed by atoms with Crippen LogP contribution in [0.2, 0.25) is 0 Å². The van der Waals surface area contributed by atoms with E-state index in [2.05, 4.69) is 20.5 Å². The predicted molar refractivity (Wildman–Crippen MR) is 99.6 cm³/mol. The molecule has 0 aromatic heterocycles. The maximum atomic E-state index is 4.57. The Labute approximate surface area is 146 Å². The summed E-state index contributed by atoms with van der Waals surface area (Å²) in [5, 5.41) is 7.03. The number of guanidine groups is 1. The molecule has 2 heterocycles. The lowest BCUT2D eigenvalue weighted by atomic mass is 9.79. The predicted octanol–water partition coefficient (Wildman–Crippen LogP) is 2.73. The molecule has 0 aromatic rings. The highest BCUT2D eigenvalue weighted by Gasteiger charge is 2.38. The summed E-state index contributed by atoms with van der Waals surface area (Å²) in [6.45, 7) is 5.75. The van der Waals surface area contributed by atoms with E-state index in [1.165, 1.54) is 70.9 Å². The molecule has 0 atom stereocenters. The molecule has 2 fully saturated rings. The molecule has 0 radical (unpaired) electrons. The number of likely N-dealkylation sites (tertiary alicyclic amines) is 1. The third kappa shape index (κ3) is 4.47. The molecule has 0 unspecified atom stereocenters. The maximum Gasteiger partial charge on any atom is 0.191 e. The fourth-order valence-electron chi connectivity index (χ4n) is 4.08. The SMILES string of the molecule is C1CCN(C2(CNC3=NCCCN3)CCCCC2)CC1.I. The fraction of sp³-hybridized carbons (Fsp3) is 0.938. The Morgan fingerprint density at radius 3 is 2.38 bits per heavy atom. The summed E-state index contributed by atoms with van der Waals surface area (Å²) in [6.07, 6.45) is 12.3. The van der Waals surface area contributed by atoms with E-state index in [0.29, 0.717) is 5.54 Å². The van der Waals surface area contributed by atoms with Crippen LogP contribution in [0.3, 0.4) is 0 Å². The van der Waals surface area contributed by atoms with Crippen molar-refractivity contribution in [2.24, 2.45) is 4.99 Å². The summed E-state index contributed by atoms with van der Waals surface area (Å²) < 4.78 is 0. The molecule has 0 aromatic carbocycles. The van der Waals surface area contributed by atoms with Crippen molar-refractivity contribution in [1.29, 1.82) is 0 Å². The van der Waals surface area contributed by atoms with Crippen LogP contribution in [-0.4, -0.2) is 49.1 Å². The van der Waals surface area contributed by atoms with Gasteiger partial charge in [-0.15, -0.1) is 24.0 Å². The molecular weight excluding hydrogens is 375 g/mol. The minimum absolute atomic E-state index is 0.